The highest BCUT2D eigenvalue weighted by Gasteiger charge is 1.99. The molecule has 4 aromatic rings. The van der Waals surface area contributed by atoms with E-state index in [0.29, 0.717) is 0 Å². The molecule has 0 saturated carbocycles. The van der Waals surface area contributed by atoms with Crippen LogP contribution in [0.25, 0.3) is 22.3 Å². The number of anilines is 2. The van der Waals surface area contributed by atoms with Crippen molar-refractivity contribution in [1.29, 1.82) is 0 Å². The van der Waals surface area contributed by atoms with E-state index in [0.717, 1.165) is 25.9 Å². The van der Waals surface area contributed by atoms with Crippen molar-refractivity contribution in [3.8, 4) is 22.3 Å². The van der Waals surface area contributed by atoms with Gasteiger partial charge in [0.05, 0.1) is 0 Å². The Kier molecular flexibility index (Phi) is 6.80. The predicted octanol–water partition coefficient (Wildman–Crippen LogP) is 7.32. The van der Waals surface area contributed by atoms with Crippen LogP contribution in [0.3, 0.4) is 0 Å². The average molecular weight is 393 g/mol. The molecule has 0 atom stereocenters. The molecule has 0 aromatic heterocycles. The van der Waals surface area contributed by atoms with Gasteiger partial charge < -0.3 is 10.6 Å². The molecule has 0 saturated heterocycles. The molecule has 2 heteroatoms. The zero-order valence-electron chi connectivity index (χ0n) is 17.2. The minimum atomic E-state index is 0.985. The molecular weight excluding hydrogens is 364 g/mol. The van der Waals surface area contributed by atoms with Crippen molar-refractivity contribution >= 4 is 11.4 Å². The van der Waals surface area contributed by atoms with E-state index in [1.54, 1.807) is 0 Å². The van der Waals surface area contributed by atoms with Crippen LogP contribution in [-0.2, 0) is 0 Å². The third-order valence-corrected chi connectivity index (χ3v) is 5.25. The van der Waals surface area contributed by atoms with Crippen molar-refractivity contribution in [2.75, 3.05) is 23.7 Å². The van der Waals surface area contributed by atoms with Gasteiger partial charge in [-0.25, -0.2) is 0 Å². The summed E-state index contributed by atoms with van der Waals surface area (Å²) in [4.78, 5) is 0. The van der Waals surface area contributed by atoms with E-state index in [4.69, 9.17) is 0 Å². The van der Waals surface area contributed by atoms with Crippen molar-refractivity contribution in [1.82, 2.24) is 0 Å². The Hall–Kier alpha value is -3.52. The molecule has 2 nitrogen and oxygen atoms in total. The summed E-state index contributed by atoms with van der Waals surface area (Å²) in [5.74, 6) is 0. The van der Waals surface area contributed by atoms with Gasteiger partial charge in [-0.05, 0) is 59.4 Å². The van der Waals surface area contributed by atoms with Crippen LogP contribution in [0.1, 0.15) is 12.8 Å². The molecule has 0 fully saturated rings. The first kappa shape index (κ1) is 19.8. The van der Waals surface area contributed by atoms with E-state index in [-0.39, 0.29) is 0 Å². The van der Waals surface area contributed by atoms with Crippen LogP contribution in [0.5, 0.6) is 0 Å². The molecule has 150 valence electrons. The van der Waals surface area contributed by atoms with Gasteiger partial charge in [0.25, 0.3) is 0 Å². The summed E-state index contributed by atoms with van der Waals surface area (Å²) >= 11 is 0. The van der Waals surface area contributed by atoms with Crippen LogP contribution in [0.4, 0.5) is 11.4 Å². The third-order valence-electron chi connectivity index (χ3n) is 5.25. The topological polar surface area (TPSA) is 24.1 Å². The van der Waals surface area contributed by atoms with Crippen LogP contribution in [0.15, 0.2) is 109 Å². The van der Waals surface area contributed by atoms with Crippen molar-refractivity contribution < 1.29 is 0 Å². The Labute approximate surface area is 179 Å². The van der Waals surface area contributed by atoms with E-state index in [1.165, 1.54) is 33.6 Å². The van der Waals surface area contributed by atoms with Gasteiger partial charge in [-0.3, -0.25) is 0 Å². The highest BCUT2D eigenvalue weighted by molar-refractivity contribution is 5.66. The van der Waals surface area contributed by atoms with Gasteiger partial charge in [0.15, 0.2) is 0 Å². The Bertz CT molecular complexity index is 921. The predicted molar refractivity (Wildman–Crippen MR) is 130 cm³/mol. The fourth-order valence-corrected chi connectivity index (χ4v) is 3.54. The molecule has 0 unspecified atom stereocenters. The first-order valence-electron chi connectivity index (χ1n) is 10.7. The zero-order chi connectivity index (χ0) is 20.4. The third kappa shape index (κ3) is 5.51. The lowest BCUT2D eigenvalue weighted by Gasteiger charge is -2.10. The summed E-state index contributed by atoms with van der Waals surface area (Å²) in [5, 5.41) is 7.04. The van der Waals surface area contributed by atoms with E-state index in [9.17, 15) is 0 Å². The highest BCUT2D eigenvalue weighted by Crippen LogP contribution is 2.22. The number of benzene rings is 4. The van der Waals surface area contributed by atoms with Gasteiger partial charge in [-0.15, -0.1) is 0 Å². The summed E-state index contributed by atoms with van der Waals surface area (Å²) in [6.07, 6.45) is 2.27. The van der Waals surface area contributed by atoms with Crippen molar-refractivity contribution in [3.63, 3.8) is 0 Å². The second-order valence-electron chi connectivity index (χ2n) is 7.45. The largest absolute Gasteiger partial charge is 0.385 e. The van der Waals surface area contributed by atoms with Crippen LogP contribution >= 0.6 is 0 Å². The molecule has 0 amide bonds. The van der Waals surface area contributed by atoms with Gasteiger partial charge in [-0.2, -0.15) is 0 Å². The van der Waals surface area contributed by atoms with Crippen molar-refractivity contribution in [3.05, 3.63) is 109 Å². The van der Waals surface area contributed by atoms with Gasteiger partial charge in [0.1, 0.15) is 0 Å². The molecular formula is C28H28N2. The van der Waals surface area contributed by atoms with E-state index in [1.807, 2.05) is 12.1 Å². The molecule has 30 heavy (non-hydrogen) atoms. The van der Waals surface area contributed by atoms with Crippen LogP contribution in [0, 0.1) is 0 Å². The minimum Gasteiger partial charge on any atom is -0.385 e. The molecule has 4 aromatic carbocycles. The standard InChI is InChI=1S/C28H28N2/c1-3-9-23(10-4-1)25-13-17-27(18-14-25)29-21-7-8-22-30-28-19-15-26(16-20-28)24-11-5-2-6-12-24/h1-6,9-20,29-30H,7-8,21-22H2. The molecule has 0 aliphatic rings. The van der Waals surface area contributed by atoms with E-state index < -0.39 is 0 Å². The quantitative estimate of drug-likeness (QED) is 0.291. The molecule has 2 N–H and O–H groups in total. The maximum absolute atomic E-state index is 3.52. The molecule has 0 radical (unpaired) electrons. The fourth-order valence-electron chi connectivity index (χ4n) is 3.54. The Morgan fingerprint density at radius 2 is 0.700 bits per heavy atom. The second-order valence-corrected chi connectivity index (χ2v) is 7.45. The first-order chi connectivity index (χ1) is 14.9. The summed E-state index contributed by atoms with van der Waals surface area (Å²) < 4.78 is 0. The smallest absolute Gasteiger partial charge is 0.0340 e. The molecule has 0 aliphatic heterocycles. The average Bonchev–Trinajstić information content (AvgIpc) is 2.83. The monoisotopic (exact) mass is 392 g/mol. The highest BCUT2D eigenvalue weighted by atomic mass is 14.9. The van der Waals surface area contributed by atoms with Gasteiger partial charge in [0.2, 0.25) is 0 Å². The second kappa shape index (κ2) is 10.3. The Morgan fingerprint density at radius 3 is 1.07 bits per heavy atom. The summed E-state index contributed by atoms with van der Waals surface area (Å²) in [7, 11) is 0. The van der Waals surface area contributed by atoms with E-state index >= 15 is 0 Å². The molecule has 4 rings (SSSR count). The van der Waals surface area contributed by atoms with E-state index in [2.05, 4.69) is 108 Å². The van der Waals surface area contributed by atoms with Crippen molar-refractivity contribution in [2.24, 2.45) is 0 Å². The maximum atomic E-state index is 3.52. The molecule has 0 aliphatic carbocycles. The summed E-state index contributed by atoms with van der Waals surface area (Å²) in [5.41, 5.74) is 7.38. The molecule has 0 bridgehead atoms. The number of unbranched alkanes of at least 4 members (excludes halogenated alkanes) is 1. The van der Waals surface area contributed by atoms with Crippen LogP contribution < -0.4 is 10.6 Å². The summed E-state index contributed by atoms with van der Waals surface area (Å²) in [6, 6.07) is 38.3. The normalized spacial score (nSPS) is 10.5. The lowest BCUT2D eigenvalue weighted by Crippen LogP contribution is -2.06. The van der Waals surface area contributed by atoms with Crippen LogP contribution in [0.2, 0.25) is 0 Å². The lowest BCUT2D eigenvalue weighted by molar-refractivity contribution is 0.796. The van der Waals surface area contributed by atoms with Gasteiger partial charge in [0, 0.05) is 24.5 Å². The van der Waals surface area contributed by atoms with Crippen molar-refractivity contribution in [2.45, 2.75) is 12.8 Å². The Balaban J connectivity index is 1.15. The SMILES string of the molecule is c1ccc(-c2ccc(NCCCCNc3ccc(-c4ccccc4)cc3)cc2)cc1. The number of nitrogens with one attached hydrogen (secondary N) is 2. The van der Waals surface area contributed by atoms with Gasteiger partial charge >= 0.3 is 0 Å². The summed E-state index contributed by atoms with van der Waals surface area (Å²) in [6.45, 7) is 1.97. The van der Waals surface area contributed by atoms with Gasteiger partial charge in [-0.1, -0.05) is 84.9 Å². The molecule has 0 heterocycles. The van der Waals surface area contributed by atoms with Crippen LogP contribution in [-0.4, -0.2) is 13.1 Å². The number of rotatable bonds is 9. The zero-order valence-corrected chi connectivity index (χ0v) is 17.2. The minimum absolute atomic E-state index is 0.985. The maximum Gasteiger partial charge on any atom is 0.0340 e. The lowest BCUT2D eigenvalue weighted by atomic mass is 10.1. The molecule has 0 spiro atoms. The Morgan fingerprint density at radius 1 is 0.367 bits per heavy atom. The fraction of sp³-hybridized carbons (Fsp3) is 0.143. The first-order valence-corrected chi connectivity index (χ1v) is 10.7. The number of hydrogen-bond donors (Lipinski definition) is 2. The number of hydrogen-bond acceptors (Lipinski definition) is 2.